The summed E-state index contributed by atoms with van der Waals surface area (Å²) < 4.78 is 0. The monoisotopic (exact) mass is 236 g/mol. The fourth-order valence-corrected chi connectivity index (χ4v) is 2.68. The minimum Gasteiger partial charge on any atom is -0.329 e. The van der Waals surface area contributed by atoms with Gasteiger partial charge in [0, 0.05) is 10.6 Å². The van der Waals surface area contributed by atoms with Crippen LogP contribution in [-0.4, -0.2) is 11.8 Å². The van der Waals surface area contributed by atoms with Gasteiger partial charge >= 0.3 is 6.03 Å². The van der Waals surface area contributed by atoms with Crippen molar-refractivity contribution in [2.24, 2.45) is 5.92 Å². The second-order valence-electron chi connectivity index (χ2n) is 3.71. The van der Waals surface area contributed by atoms with Gasteiger partial charge in [0.05, 0.1) is 12.0 Å². The van der Waals surface area contributed by atoms with Crippen LogP contribution in [0.3, 0.4) is 0 Å². The van der Waals surface area contributed by atoms with Gasteiger partial charge in [-0.3, -0.25) is 4.79 Å². The van der Waals surface area contributed by atoms with Gasteiger partial charge in [0.1, 0.15) is 5.78 Å². The Kier molecular flexibility index (Phi) is 2.78. The van der Waals surface area contributed by atoms with Crippen molar-refractivity contribution in [3.05, 3.63) is 34.7 Å². The van der Waals surface area contributed by atoms with Gasteiger partial charge in [0.15, 0.2) is 0 Å². The predicted octanol–water partition coefficient (Wildman–Crippen LogP) is 1.82. The number of rotatable bonds is 2. The zero-order chi connectivity index (χ0) is 11.7. The van der Waals surface area contributed by atoms with E-state index >= 15 is 0 Å². The van der Waals surface area contributed by atoms with Crippen LogP contribution >= 0.6 is 11.3 Å². The Bertz CT molecular complexity index is 439. The van der Waals surface area contributed by atoms with Crippen LogP contribution < -0.4 is 10.6 Å². The summed E-state index contributed by atoms with van der Waals surface area (Å²) in [4.78, 5) is 23.9. The number of urea groups is 1. The normalized spacial score (nSPS) is 24.8. The van der Waals surface area contributed by atoms with E-state index in [2.05, 4.69) is 17.2 Å². The van der Waals surface area contributed by atoms with Crippen molar-refractivity contribution in [2.45, 2.75) is 13.0 Å². The molecule has 2 rings (SSSR count). The van der Waals surface area contributed by atoms with Gasteiger partial charge in [-0.05, 0) is 18.4 Å². The largest absolute Gasteiger partial charge is 0.329 e. The van der Waals surface area contributed by atoms with E-state index < -0.39 is 5.92 Å². The van der Waals surface area contributed by atoms with Crippen molar-refractivity contribution >= 4 is 23.2 Å². The van der Waals surface area contributed by atoms with Crippen LogP contribution in [0.2, 0.25) is 0 Å². The fraction of sp³-hybridized carbons (Fsp3) is 0.273. The summed E-state index contributed by atoms with van der Waals surface area (Å²) in [6.45, 7) is 5.25. The van der Waals surface area contributed by atoms with Crippen molar-refractivity contribution < 1.29 is 9.59 Å². The molecule has 2 N–H and O–H groups in total. The molecule has 1 aliphatic rings. The molecule has 0 aliphatic carbocycles. The Morgan fingerprint density at radius 1 is 1.56 bits per heavy atom. The van der Waals surface area contributed by atoms with E-state index in [0.717, 1.165) is 4.88 Å². The van der Waals surface area contributed by atoms with E-state index in [1.54, 1.807) is 0 Å². The molecule has 0 radical (unpaired) electrons. The van der Waals surface area contributed by atoms with Crippen molar-refractivity contribution in [1.82, 2.24) is 10.6 Å². The molecule has 2 atom stereocenters. The van der Waals surface area contributed by atoms with Gasteiger partial charge in [-0.1, -0.05) is 12.6 Å². The fourth-order valence-electron chi connectivity index (χ4n) is 1.87. The lowest BCUT2D eigenvalue weighted by atomic mass is 9.90. The third kappa shape index (κ3) is 1.86. The number of amides is 2. The minimum absolute atomic E-state index is 0.00380. The molecule has 1 aromatic rings. The lowest BCUT2D eigenvalue weighted by Crippen LogP contribution is -2.50. The summed E-state index contributed by atoms with van der Waals surface area (Å²) in [5.41, 5.74) is 0.467. The second kappa shape index (κ2) is 4.09. The topological polar surface area (TPSA) is 58.2 Å². The van der Waals surface area contributed by atoms with Crippen molar-refractivity contribution in [3.63, 3.8) is 0 Å². The SMILES string of the molecule is C=C1NC(=O)NC(c2cccs2)C1C(C)=O. The first-order valence-corrected chi connectivity index (χ1v) is 5.77. The molecule has 0 aromatic carbocycles. The van der Waals surface area contributed by atoms with Gasteiger partial charge in [-0.25, -0.2) is 4.79 Å². The molecule has 16 heavy (non-hydrogen) atoms. The Hall–Kier alpha value is -1.62. The molecule has 84 valence electrons. The molecule has 4 nitrogen and oxygen atoms in total. The Morgan fingerprint density at radius 3 is 2.88 bits per heavy atom. The maximum Gasteiger partial charge on any atom is 0.319 e. The van der Waals surface area contributed by atoms with Gasteiger partial charge in [-0.15, -0.1) is 11.3 Å². The molecular formula is C11H12N2O2S. The van der Waals surface area contributed by atoms with Gasteiger partial charge in [-0.2, -0.15) is 0 Å². The van der Waals surface area contributed by atoms with Crippen LogP contribution in [0.4, 0.5) is 4.79 Å². The molecule has 2 amide bonds. The average molecular weight is 236 g/mol. The van der Waals surface area contributed by atoms with Gasteiger partial charge in [0.25, 0.3) is 0 Å². The van der Waals surface area contributed by atoms with Crippen LogP contribution in [0.5, 0.6) is 0 Å². The summed E-state index contributed by atoms with van der Waals surface area (Å²) in [6.07, 6.45) is 0. The molecule has 1 aliphatic heterocycles. The van der Waals surface area contributed by atoms with Crippen LogP contribution in [0.15, 0.2) is 29.8 Å². The van der Waals surface area contributed by atoms with E-state index in [-0.39, 0.29) is 17.9 Å². The van der Waals surface area contributed by atoms with Crippen molar-refractivity contribution in [3.8, 4) is 0 Å². The Balaban J connectivity index is 2.35. The molecule has 1 aromatic heterocycles. The lowest BCUT2D eigenvalue weighted by Gasteiger charge is -2.32. The van der Waals surface area contributed by atoms with Crippen LogP contribution in [0.1, 0.15) is 17.8 Å². The number of carbonyl (C=O) groups excluding carboxylic acids is 2. The summed E-state index contributed by atoms with van der Waals surface area (Å²) in [7, 11) is 0. The summed E-state index contributed by atoms with van der Waals surface area (Å²) in [6, 6.07) is 3.21. The van der Waals surface area contributed by atoms with Crippen molar-refractivity contribution in [2.75, 3.05) is 0 Å². The highest BCUT2D eigenvalue weighted by Gasteiger charge is 2.35. The molecule has 1 fully saturated rings. The van der Waals surface area contributed by atoms with Gasteiger partial charge < -0.3 is 10.6 Å². The van der Waals surface area contributed by atoms with E-state index in [9.17, 15) is 9.59 Å². The first-order chi connectivity index (χ1) is 7.59. The van der Waals surface area contributed by atoms with Crippen LogP contribution in [-0.2, 0) is 4.79 Å². The summed E-state index contributed by atoms with van der Waals surface area (Å²) in [5.74, 6) is -0.396. The van der Waals surface area contributed by atoms with Crippen LogP contribution in [0, 0.1) is 5.92 Å². The standard InChI is InChI=1S/C11H12N2O2S/c1-6-9(7(2)14)10(13-11(15)12-6)8-4-3-5-16-8/h3-5,9-10H,1H2,2H3,(H2,12,13,15). The zero-order valence-corrected chi connectivity index (χ0v) is 9.64. The maximum absolute atomic E-state index is 11.6. The molecule has 5 heteroatoms. The quantitative estimate of drug-likeness (QED) is 0.823. The molecule has 0 bridgehead atoms. The Labute approximate surface area is 97.4 Å². The molecule has 2 heterocycles. The molecule has 1 saturated heterocycles. The minimum atomic E-state index is -0.392. The first-order valence-electron chi connectivity index (χ1n) is 4.90. The lowest BCUT2D eigenvalue weighted by molar-refractivity contribution is -0.120. The molecule has 2 unspecified atom stereocenters. The van der Waals surface area contributed by atoms with E-state index in [1.165, 1.54) is 18.3 Å². The number of Topliss-reactive ketones (excluding diaryl/α,β-unsaturated/α-hetero) is 1. The third-order valence-electron chi connectivity index (χ3n) is 2.56. The summed E-state index contributed by atoms with van der Waals surface area (Å²) in [5, 5.41) is 7.22. The number of nitrogens with one attached hydrogen (secondary N) is 2. The van der Waals surface area contributed by atoms with Crippen molar-refractivity contribution in [1.29, 1.82) is 0 Å². The van der Waals surface area contributed by atoms with E-state index in [1.807, 2.05) is 17.5 Å². The number of carbonyl (C=O) groups is 2. The zero-order valence-electron chi connectivity index (χ0n) is 8.82. The third-order valence-corrected chi connectivity index (χ3v) is 3.51. The molecule has 0 saturated carbocycles. The Morgan fingerprint density at radius 2 is 2.31 bits per heavy atom. The maximum atomic E-state index is 11.6. The smallest absolute Gasteiger partial charge is 0.319 e. The van der Waals surface area contributed by atoms with E-state index in [0.29, 0.717) is 5.70 Å². The highest BCUT2D eigenvalue weighted by molar-refractivity contribution is 7.10. The summed E-state index contributed by atoms with van der Waals surface area (Å²) >= 11 is 1.52. The number of ketones is 1. The average Bonchev–Trinajstić information content (AvgIpc) is 2.67. The molecular weight excluding hydrogens is 224 g/mol. The van der Waals surface area contributed by atoms with E-state index in [4.69, 9.17) is 0 Å². The van der Waals surface area contributed by atoms with Gasteiger partial charge in [0.2, 0.25) is 0 Å². The predicted molar refractivity (Wildman–Crippen MR) is 62.0 cm³/mol. The van der Waals surface area contributed by atoms with Crippen LogP contribution in [0.25, 0.3) is 0 Å². The first kappa shape index (κ1) is 10.9. The highest BCUT2D eigenvalue weighted by Crippen LogP contribution is 2.32. The number of thiophene rings is 1. The second-order valence-corrected chi connectivity index (χ2v) is 4.68. The highest BCUT2D eigenvalue weighted by atomic mass is 32.1. The molecule has 0 spiro atoms. The number of hydrogen-bond acceptors (Lipinski definition) is 3. The number of hydrogen-bond donors (Lipinski definition) is 2.